The number of nitrogens with zero attached hydrogens (tertiary/aromatic N) is 1. The summed E-state index contributed by atoms with van der Waals surface area (Å²) in [6, 6.07) is 6.24. The second-order valence-electron chi connectivity index (χ2n) is 4.84. The number of benzene rings is 1. The van der Waals surface area contributed by atoms with E-state index >= 15 is 0 Å². The second kappa shape index (κ2) is 4.78. The van der Waals surface area contributed by atoms with Crippen molar-refractivity contribution < 1.29 is 4.79 Å². The lowest BCUT2D eigenvalue weighted by atomic mass is 9.99. The summed E-state index contributed by atoms with van der Waals surface area (Å²) in [5.41, 5.74) is 3.48. The predicted octanol–water partition coefficient (Wildman–Crippen LogP) is 2.66. The van der Waals surface area contributed by atoms with Gasteiger partial charge in [-0.25, -0.2) is 0 Å². The molecule has 0 unspecified atom stereocenters. The molecule has 3 nitrogen and oxygen atoms in total. The van der Waals surface area contributed by atoms with Crippen LogP contribution < -0.4 is 10.2 Å². The maximum Gasteiger partial charge on any atom is 0.229 e. The van der Waals surface area contributed by atoms with E-state index in [-0.39, 0.29) is 11.8 Å². The summed E-state index contributed by atoms with van der Waals surface area (Å²) in [6.45, 7) is 4.76. The first kappa shape index (κ1) is 12.0. The molecule has 3 heteroatoms. The van der Waals surface area contributed by atoms with Crippen molar-refractivity contribution >= 4 is 17.3 Å². The lowest BCUT2D eigenvalue weighted by Crippen LogP contribution is -2.38. The van der Waals surface area contributed by atoms with Crippen LogP contribution in [0.4, 0.5) is 11.4 Å². The van der Waals surface area contributed by atoms with Crippen molar-refractivity contribution in [2.45, 2.75) is 26.7 Å². The molecule has 1 heterocycles. The van der Waals surface area contributed by atoms with E-state index in [2.05, 4.69) is 17.4 Å². The summed E-state index contributed by atoms with van der Waals surface area (Å²) in [5.74, 6) is 0.285. The van der Waals surface area contributed by atoms with Crippen molar-refractivity contribution in [3.63, 3.8) is 0 Å². The Morgan fingerprint density at radius 3 is 2.82 bits per heavy atom. The molecule has 0 saturated heterocycles. The Hall–Kier alpha value is -1.51. The Kier molecular flexibility index (Phi) is 3.36. The van der Waals surface area contributed by atoms with Gasteiger partial charge in [-0.15, -0.1) is 0 Å². The molecule has 1 N–H and O–H groups in total. The molecule has 1 aromatic carbocycles. The molecule has 0 aliphatic carbocycles. The quantitative estimate of drug-likeness (QED) is 0.850. The van der Waals surface area contributed by atoms with E-state index < -0.39 is 0 Å². The van der Waals surface area contributed by atoms with Crippen molar-refractivity contribution in [3.8, 4) is 0 Å². The predicted molar refractivity (Wildman–Crippen MR) is 71.5 cm³/mol. The van der Waals surface area contributed by atoms with E-state index in [1.165, 1.54) is 5.56 Å². The Labute approximate surface area is 103 Å². The topological polar surface area (TPSA) is 32.3 Å². The lowest BCUT2D eigenvalue weighted by Gasteiger charge is -2.31. The SMILES string of the molecule is CNc1ccc2c(c1)CCCN2C(=O)C(C)C. The number of carbonyl (C=O) groups is 1. The zero-order chi connectivity index (χ0) is 12.4. The van der Waals surface area contributed by atoms with Crippen LogP contribution in [0.15, 0.2) is 18.2 Å². The van der Waals surface area contributed by atoms with Crippen LogP contribution in [0.2, 0.25) is 0 Å². The van der Waals surface area contributed by atoms with Crippen molar-refractivity contribution in [3.05, 3.63) is 23.8 Å². The highest BCUT2D eigenvalue weighted by Gasteiger charge is 2.24. The molecule has 0 radical (unpaired) electrons. The Morgan fingerprint density at radius 1 is 1.41 bits per heavy atom. The standard InChI is InChI=1S/C14H20N2O/c1-10(2)14(17)16-8-4-5-11-9-12(15-3)6-7-13(11)16/h6-7,9-10,15H,4-5,8H2,1-3H3. The number of hydrogen-bond acceptors (Lipinski definition) is 2. The van der Waals surface area contributed by atoms with Crippen LogP contribution >= 0.6 is 0 Å². The third kappa shape index (κ3) is 2.28. The maximum absolute atomic E-state index is 12.1. The minimum atomic E-state index is 0.0601. The fraction of sp³-hybridized carbons (Fsp3) is 0.500. The molecule has 0 spiro atoms. The van der Waals surface area contributed by atoms with Crippen LogP contribution in [0.3, 0.4) is 0 Å². The number of aryl methyl sites for hydroxylation is 1. The van der Waals surface area contributed by atoms with Gasteiger partial charge >= 0.3 is 0 Å². The van der Waals surface area contributed by atoms with Crippen molar-refractivity contribution in [1.82, 2.24) is 0 Å². The molecule has 0 bridgehead atoms. The van der Waals surface area contributed by atoms with E-state index in [9.17, 15) is 4.79 Å². The lowest BCUT2D eigenvalue weighted by molar-refractivity contribution is -0.121. The fourth-order valence-corrected chi connectivity index (χ4v) is 2.29. The molecule has 1 aliphatic rings. The van der Waals surface area contributed by atoms with Gasteiger partial charge in [0.25, 0.3) is 0 Å². The molecule has 0 saturated carbocycles. The maximum atomic E-state index is 12.1. The first-order chi connectivity index (χ1) is 8.13. The number of anilines is 2. The normalized spacial score (nSPS) is 14.7. The fourth-order valence-electron chi connectivity index (χ4n) is 2.29. The Morgan fingerprint density at radius 2 is 2.18 bits per heavy atom. The van der Waals surface area contributed by atoms with Crippen LogP contribution in [0.25, 0.3) is 0 Å². The first-order valence-corrected chi connectivity index (χ1v) is 6.25. The highest BCUT2D eigenvalue weighted by Crippen LogP contribution is 2.30. The zero-order valence-corrected chi connectivity index (χ0v) is 10.8. The molecular formula is C14H20N2O. The number of carbonyl (C=O) groups excluding carboxylic acids is 1. The highest BCUT2D eigenvalue weighted by atomic mass is 16.2. The molecule has 17 heavy (non-hydrogen) atoms. The molecule has 1 amide bonds. The van der Waals surface area contributed by atoms with Crippen molar-refractivity contribution in [2.75, 3.05) is 23.8 Å². The Balaban J connectivity index is 2.35. The summed E-state index contributed by atoms with van der Waals surface area (Å²) in [4.78, 5) is 14.1. The van der Waals surface area contributed by atoms with Gasteiger partial charge in [-0.3, -0.25) is 4.79 Å². The van der Waals surface area contributed by atoms with E-state index in [4.69, 9.17) is 0 Å². The number of hydrogen-bond donors (Lipinski definition) is 1. The summed E-state index contributed by atoms with van der Waals surface area (Å²) < 4.78 is 0. The molecule has 1 aromatic rings. The third-order valence-corrected chi connectivity index (χ3v) is 3.25. The minimum absolute atomic E-state index is 0.0601. The molecule has 1 aliphatic heterocycles. The van der Waals surface area contributed by atoms with E-state index in [1.807, 2.05) is 31.9 Å². The molecule has 0 atom stereocenters. The van der Waals surface area contributed by atoms with Gasteiger partial charge in [0.2, 0.25) is 5.91 Å². The third-order valence-electron chi connectivity index (χ3n) is 3.25. The second-order valence-corrected chi connectivity index (χ2v) is 4.84. The van der Waals surface area contributed by atoms with Gasteiger partial charge in [0.1, 0.15) is 0 Å². The van der Waals surface area contributed by atoms with Crippen molar-refractivity contribution in [1.29, 1.82) is 0 Å². The average molecular weight is 232 g/mol. The van der Waals surface area contributed by atoms with Crippen LogP contribution in [-0.2, 0) is 11.2 Å². The number of fused-ring (bicyclic) bond motifs is 1. The van der Waals surface area contributed by atoms with Gasteiger partial charge in [-0.2, -0.15) is 0 Å². The highest BCUT2D eigenvalue weighted by molar-refractivity contribution is 5.96. The van der Waals surface area contributed by atoms with Gasteiger partial charge in [0.05, 0.1) is 0 Å². The molecule has 92 valence electrons. The summed E-state index contributed by atoms with van der Waals surface area (Å²) in [6.07, 6.45) is 2.12. The van der Waals surface area contributed by atoms with Gasteiger partial charge in [-0.1, -0.05) is 13.8 Å². The van der Waals surface area contributed by atoms with Gasteiger partial charge < -0.3 is 10.2 Å². The first-order valence-electron chi connectivity index (χ1n) is 6.25. The monoisotopic (exact) mass is 232 g/mol. The zero-order valence-electron chi connectivity index (χ0n) is 10.8. The number of nitrogens with one attached hydrogen (secondary N) is 1. The molecular weight excluding hydrogens is 212 g/mol. The molecule has 0 fully saturated rings. The summed E-state index contributed by atoms with van der Waals surface area (Å²) >= 11 is 0. The van der Waals surface area contributed by atoms with Crippen molar-refractivity contribution in [2.24, 2.45) is 5.92 Å². The van der Waals surface area contributed by atoms with Crippen LogP contribution in [0, 0.1) is 5.92 Å². The van der Waals surface area contributed by atoms with Gasteiger partial charge in [0, 0.05) is 30.9 Å². The molecule has 0 aromatic heterocycles. The largest absolute Gasteiger partial charge is 0.388 e. The number of rotatable bonds is 2. The van der Waals surface area contributed by atoms with E-state index in [0.29, 0.717) is 0 Å². The smallest absolute Gasteiger partial charge is 0.229 e. The average Bonchev–Trinajstić information content (AvgIpc) is 2.36. The van der Waals surface area contributed by atoms with E-state index in [1.54, 1.807) is 0 Å². The summed E-state index contributed by atoms with van der Waals surface area (Å²) in [7, 11) is 1.92. The number of amides is 1. The van der Waals surface area contributed by atoms with Crippen LogP contribution in [0.1, 0.15) is 25.8 Å². The minimum Gasteiger partial charge on any atom is -0.388 e. The molecule has 2 rings (SSSR count). The van der Waals surface area contributed by atoms with Crippen LogP contribution in [0.5, 0.6) is 0 Å². The van der Waals surface area contributed by atoms with Crippen LogP contribution in [-0.4, -0.2) is 19.5 Å². The van der Waals surface area contributed by atoms with E-state index in [0.717, 1.165) is 30.8 Å². The van der Waals surface area contributed by atoms with Gasteiger partial charge in [-0.05, 0) is 36.6 Å². The Bertz CT molecular complexity index is 426. The van der Waals surface area contributed by atoms with Gasteiger partial charge in [0.15, 0.2) is 0 Å². The summed E-state index contributed by atoms with van der Waals surface area (Å²) in [5, 5.41) is 3.14.